The Kier molecular flexibility index (Phi) is 6.20. The number of halogens is 2. The number of nitrogens with zero attached hydrogens (tertiary/aromatic N) is 7. The number of hydrogen-bond acceptors (Lipinski definition) is 11. The van der Waals surface area contributed by atoms with Crippen molar-refractivity contribution in [2.75, 3.05) is 55.8 Å². The van der Waals surface area contributed by atoms with Crippen molar-refractivity contribution in [3.8, 4) is 17.3 Å². The van der Waals surface area contributed by atoms with Crippen LogP contribution in [0.4, 0.5) is 25.5 Å². The van der Waals surface area contributed by atoms with Crippen molar-refractivity contribution < 1.29 is 13.5 Å². The molecule has 2 bridgehead atoms. The lowest BCUT2D eigenvalue weighted by molar-refractivity contribution is 0.135. The first-order chi connectivity index (χ1) is 20.9. The van der Waals surface area contributed by atoms with Crippen LogP contribution in [0, 0.1) is 23.0 Å². The number of fused-ring (bicyclic) bond motifs is 6. The molecule has 1 aromatic carbocycles. The van der Waals surface area contributed by atoms with Gasteiger partial charge in [-0.25, -0.2) is 13.8 Å². The number of aromatic nitrogens is 3. The van der Waals surface area contributed by atoms with Crippen LogP contribution in [-0.2, 0) is 18.0 Å². The van der Waals surface area contributed by atoms with Crippen LogP contribution in [0.5, 0.6) is 0 Å². The van der Waals surface area contributed by atoms with Gasteiger partial charge in [0.15, 0.2) is 11.6 Å². The lowest BCUT2D eigenvalue weighted by Gasteiger charge is -2.37. The molecule has 3 N–H and O–H groups in total. The summed E-state index contributed by atoms with van der Waals surface area (Å²) in [6, 6.07) is 2.94. The maximum atomic E-state index is 17.3. The van der Waals surface area contributed by atoms with Gasteiger partial charge in [0.1, 0.15) is 22.4 Å². The first kappa shape index (κ1) is 26.9. The number of hydrogen-bond donors (Lipinski definition) is 2. The van der Waals surface area contributed by atoms with Crippen molar-refractivity contribution in [3.05, 3.63) is 34.5 Å². The number of nitrogens with one attached hydrogen (secondary N) is 1. The molecule has 0 amide bonds. The molecule has 10 nitrogen and oxygen atoms in total. The van der Waals surface area contributed by atoms with E-state index in [4.69, 9.17) is 20.4 Å². The lowest BCUT2D eigenvalue weighted by Crippen LogP contribution is -2.52. The number of nitriles is 1. The maximum Gasteiger partial charge on any atom is 0.228 e. The number of benzene rings is 1. The van der Waals surface area contributed by atoms with Gasteiger partial charge in [0.25, 0.3) is 0 Å². The second kappa shape index (κ2) is 9.92. The quantitative estimate of drug-likeness (QED) is 0.357. The van der Waals surface area contributed by atoms with Crippen molar-refractivity contribution in [2.24, 2.45) is 0 Å². The lowest BCUT2D eigenvalue weighted by atomic mass is 9.93. The minimum atomic E-state index is -0.600. The van der Waals surface area contributed by atoms with E-state index in [9.17, 15) is 9.65 Å². The molecule has 0 spiro atoms. The molecule has 0 saturated carbocycles. The number of rotatable bonds is 4. The minimum Gasteiger partial charge on any atom is -0.389 e. The smallest absolute Gasteiger partial charge is 0.228 e. The van der Waals surface area contributed by atoms with Gasteiger partial charge in [-0.15, -0.1) is 11.3 Å². The fourth-order valence-electron chi connectivity index (χ4n) is 7.43. The fourth-order valence-corrected chi connectivity index (χ4v) is 8.35. The summed E-state index contributed by atoms with van der Waals surface area (Å²) in [5.41, 5.74) is 8.24. The van der Waals surface area contributed by atoms with Crippen LogP contribution in [0.25, 0.3) is 32.2 Å². The van der Waals surface area contributed by atoms with E-state index in [0.29, 0.717) is 22.9 Å². The van der Waals surface area contributed by atoms with Gasteiger partial charge in [-0.1, -0.05) is 0 Å². The van der Waals surface area contributed by atoms with Crippen LogP contribution >= 0.6 is 11.3 Å². The third kappa shape index (κ3) is 3.93. The monoisotopic (exact) mass is 603 g/mol. The van der Waals surface area contributed by atoms with Gasteiger partial charge in [0, 0.05) is 55.3 Å². The number of nitrogen functional groups attached to an aromatic ring is 1. The highest BCUT2D eigenvalue weighted by molar-refractivity contribution is 7.23. The van der Waals surface area contributed by atoms with Crippen LogP contribution < -0.4 is 20.9 Å². The molecule has 3 atom stereocenters. The molecule has 0 radical (unpaired) electrons. The van der Waals surface area contributed by atoms with E-state index in [1.165, 1.54) is 0 Å². The molecule has 7 heterocycles. The van der Waals surface area contributed by atoms with Crippen LogP contribution in [-0.4, -0.2) is 78.3 Å². The average molecular weight is 604 g/mol. The third-order valence-electron chi connectivity index (χ3n) is 9.61. The van der Waals surface area contributed by atoms with Gasteiger partial charge in [0.05, 0.1) is 40.8 Å². The Labute approximate surface area is 251 Å². The molecule has 4 aliphatic heterocycles. The van der Waals surface area contributed by atoms with Crippen LogP contribution in [0.1, 0.15) is 36.0 Å². The number of ether oxygens (including phenoxy) is 1. The van der Waals surface area contributed by atoms with Crippen molar-refractivity contribution in [2.45, 2.75) is 50.6 Å². The summed E-state index contributed by atoms with van der Waals surface area (Å²) in [5.74, 6) is 0.0908. The number of pyridine rings is 1. The summed E-state index contributed by atoms with van der Waals surface area (Å²) in [6.07, 6.45) is 4.11. The van der Waals surface area contributed by atoms with Crippen LogP contribution in [0.15, 0.2) is 6.20 Å². The molecule has 4 aromatic rings. The molecular formula is C30H31F2N9OS. The number of thiophene rings is 1. The van der Waals surface area contributed by atoms with Gasteiger partial charge in [0.2, 0.25) is 5.95 Å². The van der Waals surface area contributed by atoms with Gasteiger partial charge >= 0.3 is 0 Å². The molecule has 0 aliphatic carbocycles. The highest BCUT2D eigenvalue weighted by Gasteiger charge is 2.41. The topological polar surface area (TPSA) is 119 Å². The molecule has 3 fully saturated rings. The number of piperazine rings is 1. The number of likely N-dealkylation sites (N-methyl/N-ethyl adjacent to an activating group) is 1. The molecule has 3 saturated heterocycles. The highest BCUT2D eigenvalue weighted by atomic mass is 32.1. The normalized spacial score (nSPS) is 23.2. The van der Waals surface area contributed by atoms with Crippen molar-refractivity contribution in [1.82, 2.24) is 25.2 Å². The van der Waals surface area contributed by atoms with E-state index >= 15 is 4.39 Å². The summed E-state index contributed by atoms with van der Waals surface area (Å²) in [7, 11) is 4.13. The maximum absolute atomic E-state index is 17.3. The SMILES string of the molecule is CN(C)[C@H]1CCN(c2nc(N3C4CCC3CNC4)c3c4c(c(-c5ncc(F)c6sc(N)c(C#N)c56)c(F)c3n2)COC4)C1. The molecular weight excluding hydrogens is 572 g/mol. The zero-order valence-corrected chi connectivity index (χ0v) is 24.8. The highest BCUT2D eigenvalue weighted by Crippen LogP contribution is 2.48. The Bertz CT molecular complexity index is 1840. The van der Waals surface area contributed by atoms with Gasteiger partial charge in [-0.3, -0.25) is 4.98 Å². The second-order valence-electron chi connectivity index (χ2n) is 12.1. The first-order valence-electron chi connectivity index (χ1n) is 14.7. The Hall–Kier alpha value is -3.70. The van der Waals surface area contributed by atoms with Gasteiger partial charge in [-0.2, -0.15) is 10.2 Å². The minimum absolute atomic E-state index is 0.0995. The standard InChI is InChI=1S/C30H31F2N9OS/c1-39(2)16-5-6-40(11-16)30-37-26-23(29(38-30)41-14-3-4-15(41)9-35-8-14)19-13-42-12-18(19)21(24(26)32)25-22-17(7-33)28(34)43-27(22)20(31)10-36-25/h10,14-16,35H,3-6,8-9,11-13,34H2,1-2H3/t14?,15?,16-/m0/s1. The Morgan fingerprint density at radius 1 is 1.12 bits per heavy atom. The molecule has 3 aromatic heterocycles. The summed E-state index contributed by atoms with van der Waals surface area (Å²) in [6.45, 7) is 3.63. The molecule has 2 unspecified atom stereocenters. The number of anilines is 3. The molecule has 43 heavy (non-hydrogen) atoms. The third-order valence-corrected chi connectivity index (χ3v) is 10.6. The Morgan fingerprint density at radius 3 is 2.60 bits per heavy atom. The molecule has 222 valence electrons. The van der Waals surface area contributed by atoms with Crippen LogP contribution in [0.2, 0.25) is 0 Å². The van der Waals surface area contributed by atoms with E-state index in [1.54, 1.807) is 0 Å². The molecule has 4 aliphatic rings. The summed E-state index contributed by atoms with van der Waals surface area (Å²) in [5, 5.41) is 14.5. The predicted molar refractivity (Wildman–Crippen MR) is 162 cm³/mol. The zero-order valence-electron chi connectivity index (χ0n) is 24.0. The Balaban J connectivity index is 1.42. The van der Waals surface area contributed by atoms with Crippen molar-refractivity contribution >= 4 is 49.1 Å². The largest absolute Gasteiger partial charge is 0.389 e. The fraction of sp³-hybridized carbons (Fsp3) is 0.467. The van der Waals surface area contributed by atoms with Gasteiger partial charge in [-0.05, 0) is 44.5 Å². The van der Waals surface area contributed by atoms with Crippen molar-refractivity contribution in [3.63, 3.8) is 0 Å². The summed E-state index contributed by atoms with van der Waals surface area (Å²) < 4.78 is 38.3. The van der Waals surface area contributed by atoms with E-state index in [-0.39, 0.29) is 62.7 Å². The van der Waals surface area contributed by atoms with E-state index in [2.05, 4.69) is 45.2 Å². The van der Waals surface area contributed by atoms with Gasteiger partial charge < -0.3 is 30.5 Å². The first-order valence-corrected chi connectivity index (χ1v) is 15.5. The number of nitrogens with two attached hydrogens (primary N) is 1. The Morgan fingerprint density at radius 2 is 1.88 bits per heavy atom. The summed E-state index contributed by atoms with van der Waals surface area (Å²) >= 11 is 0.970. The zero-order chi connectivity index (χ0) is 29.6. The van der Waals surface area contributed by atoms with Crippen molar-refractivity contribution in [1.29, 1.82) is 5.26 Å². The second-order valence-corrected chi connectivity index (χ2v) is 13.2. The van der Waals surface area contributed by atoms with E-state index in [0.717, 1.165) is 74.4 Å². The predicted octanol–water partition coefficient (Wildman–Crippen LogP) is 3.75. The van der Waals surface area contributed by atoms with E-state index < -0.39 is 11.6 Å². The summed E-state index contributed by atoms with van der Waals surface area (Å²) in [4.78, 5) is 21.2. The van der Waals surface area contributed by atoms with Crippen LogP contribution in [0.3, 0.4) is 0 Å². The molecule has 8 rings (SSSR count). The molecule has 13 heteroatoms. The van der Waals surface area contributed by atoms with E-state index in [1.807, 2.05) is 0 Å². The average Bonchev–Trinajstić information content (AvgIpc) is 3.79.